The molecule has 0 fully saturated rings. The van der Waals surface area contributed by atoms with E-state index in [0.717, 1.165) is 23.3 Å². The smallest absolute Gasteiger partial charge is 0.122 e. The second kappa shape index (κ2) is 6.60. The van der Waals surface area contributed by atoms with Crippen LogP contribution in [0.2, 0.25) is 5.02 Å². The maximum absolute atomic E-state index is 9.64. The van der Waals surface area contributed by atoms with Gasteiger partial charge < -0.3 is 9.84 Å². The lowest BCUT2D eigenvalue weighted by Crippen LogP contribution is -2.09. The van der Waals surface area contributed by atoms with Crippen LogP contribution in [0.5, 0.6) is 5.75 Å². The summed E-state index contributed by atoms with van der Waals surface area (Å²) in [5.74, 6) is 0.818. The summed E-state index contributed by atoms with van der Waals surface area (Å²) in [6.45, 7) is 0.0763. The SMILES string of the molecule is COc1ccccc1C(CO)Cc1cccc(Cl)c1. The third kappa shape index (κ3) is 3.49. The first-order valence-electron chi connectivity index (χ1n) is 6.23. The molecule has 2 aromatic rings. The molecule has 0 bridgehead atoms. The van der Waals surface area contributed by atoms with Crippen LogP contribution in [0.25, 0.3) is 0 Å². The van der Waals surface area contributed by atoms with E-state index in [4.69, 9.17) is 16.3 Å². The van der Waals surface area contributed by atoms with Crippen molar-refractivity contribution in [1.29, 1.82) is 0 Å². The van der Waals surface area contributed by atoms with Crippen molar-refractivity contribution in [3.05, 3.63) is 64.7 Å². The average Bonchev–Trinajstić information content (AvgIpc) is 2.45. The maximum atomic E-state index is 9.64. The summed E-state index contributed by atoms with van der Waals surface area (Å²) in [6, 6.07) is 15.5. The minimum atomic E-state index is 0.00890. The van der Waals surface area contributed by atoms with Gasteiger partial charge in [0.25, 0.3) is 0 Å². The van der Waals surface area contributed by atoms with E-state index in [2.05, 4.69) is 0 Å². The highest BCUT2D eigenvalue weighted by atomic mass is 35.5. The lowest BCUT2D eigenvalue weighted by atomic mass is 9.92. The fraction of sp³-hybridized carbons (Fsp3) is 0.250. The molecule has 0 radical (unpaired) electrons. The number of hydrogen-bond donors (Lipinski definition) is 1. The van der Waals surface area contributed by atoms with E-state index < -0.39 is 0 Å². The van der Waals surface area contributed by atoms with Gasteiger partial charge in [0.15, 0.2) is 0 Å². The van der Waals surface area contributed by atoms with E-state index in [0.29, 0.717) is 5.02 Å². The molecule has 3 heteroatoms. The zero-order chi connectivity index (χ0) is 13.7. The van der Waals surface area contributed by atoms with Crippen LogP contribution >= 0.6 is 11.6 Å². The summed E-state index contributed by atoms with van der Waals surface area (Å²) >= 11 is 5.99. The zero-order valence-electron chi connectivity index (χ0n) is 10.8. The van der Waals surface area contributed by atoms with Crippen LogP contribution in [0.1, 0.15) is 17.0 Å². The minimum absolute atomic E-state index is 0.00890. The molecule has 1 N–H and O–H groups in total. The summed E-state index contributed by atoms with van der Waals surface area (Å²) in [4.78, 5) is 0. The third-order valence-electron chi connectivity index (χ3n) is 3.17. The summed E-state index contributed by atoms with van der Waals surface area (Å²) in [6.07, 6.45) is 0.734. The minimum Gasteiger partial charge on any atom is -0.496 e. The first-order valence-corrected chi connectivity index (χ1v) is 6.60. The molecule has 1 atom stereocenters. The summed E-state index contributed by atoms with van der Waals surface area (Å²) in [5, 5.41) is 10.4. The van der Waals surface area contributed by atoms with E-state index in [-0.39, 0.29) is 12.5 Å². The Morgan fingerprint density at radius 3 is 2.63 bits per heavy atom. The monoisotopic (exact) mass is 276 g/mol. The van der Waals surface area contributed by atoms with Crippen LogP contribution < -0.4 is 4.74 Å². The predicted molar refractivity (Wildman–Crippen MR) is 78.0 cm³/mol. The van der Waals surface area contributed by atoms with Crippen LogP contribution in [0.15, 0.2) is 48.5 Å². The molecular weight excluding hydrogens is 260 g/mol. The largest absolute Gasteiger partial charge is 0.496 e. The number of methoxy groups -OCH3 is 1. The fourth-order valence-corrected chi connectivity index (χ4v) is 2.44. The lowest BCUT2D eigenvalue weighted by molar-refractivity contribution is 0.261. The molecule has 100 valence electrons. The Balaban J connectivity index is 2.25. The molecule has 19 heavy (non-hydrogen) atoms. The fourth-order valence-electron chi connectivity index (χ4n) is 2.23. The van der Waals surface area contributed by atoms with E-state index >= 15 is 0 Å². The first-order chi connectivity index (χ1) is 9.24. The highest BCUT2D eigenvalue weighted by molar-refractivity contribution is 6.30. The molecule has 0 aliphatic heterocycles. The van der Waals surface area contributed by atoms with Gasteiger partial charge in [-0.2, -0.15) is 0 Å². The molecule has 2 nitrogen and oxygen atoms in total. The Bertz CT molecular complexity index is 540. The maximum Gasteiger partial charge on any atom is 0.122 e. The number of rotatable bonds is 5. The molecule has 0 saturated carbocycles. The second-order valence-electron chi connectivity index (χ2n) is 4.46. The summed E-state index contributed by atoms with van der Waals surface area (Å²) in [5.41, 5.74) is 2.13. The normalized spacial score (nSPS) is 12.2. The van der Waals surface area contributed by atoms with Crippen molar-refractivity contribution in [3.63, 3.8) is 0 Å². The second-order valence-corrected chi connectivity index (χ2v) is 4.89. The molecule has 0 aliphatic carbocycles. The van der Waals surface area contributed by atoms with Crippen LogP contribution in [0.4, 0.5) is 0 Å². The average molecular weight is 277 g/mol. The van der Waals surface area contributed by atoms with Crippen LogP contribution in [0.3, 0.4) is 0 Å². The Morgan fingerprint density at radius 2 is 1.95 bits per heavy atom. The van der Waals surface area contributed by atoms with Gasteiger partial charge in [0.05, 0.1) is 13.7 Å². The molecule has 1 unspecified atom stereocenters. The van der Waals surface area contributed by atoms with Gasteiger partial charge in [-0.3, -0.25) is 0 Å². The Labute approximate surface area is 118 Å². The number of benzene rings is 2. The van der Waals surface area contributed by atoms with Crippen LogP contribution in [0, 0.1) is 0 Å². The van der Waals surface area contributed by atoms with Gasteiger partial charge in [-0.15, -0.1) is 0 Å². The lowest BCUT2D eigenvalue weighted by Gasteiger charge is -2.18. The van der Waals surface area contributed by atoms with E-state index in [1.54, 1.807) is 7.11 Å². The highest BCUT2D eigenvalue weighted by Crippen LogP contribution is 2.29. The molecule has 0 spiro atoms. The molecule has 0 heterocycles. The molecule has 0 saturated heterocycles. The Kier molecular flexibility index (Phi) is 4.83. The van der Waals surface area contributed by atoms with Crippen molar-refractivity contribution in [2.75, 3.05) is 13.7 Å². The van der Waals surface area contributed by atoms with Gasteiger partial charge in [0.2, 0.25) is 0 Å². The van der Waals surface area contributed by atoms with Gasteiger partial charge in [0.1, 0.15) is 5.75 Å². The van der Waals surface area contributed by atoms with Crippen molar-refractivity contribution < 1.29 is 9.84 Å². The number of para-hydroxylation sites is 1. The topological polar surface area (TPSA) is 29.5 Å². The van der Waals surface area contributed by atoms with Crippen molar-refractivity contribution in [2.24, 2.45) is 0 Å². The number of aliphatic hydroxyl groups is 1. The quantitative estimate of drug-likeness (QED) is 0.903. The number of aliphatic hydroxyl groups excluding tert-OH is 1. The predicted octanol–water partition coefficient (Wildman–Crippen LogP) is 3.67. The van der Waals surface area contributed by atoms with Gasteiger partial charge in [-0.25, -0.2) is 0 Å². The van der Waals surface area contributed by atoms with Crippen molar-refractivity contribution >= 4 is 11.6 Å². The Morgan fingerprint density at radius 1 is 1.16 bits per heavy atom. The van der Waals surface area contributed by atoms with Crippen molar-refractivity contribution in [2.45, 2.75) is 12.3 Å². The van der Waals surface area contributed by atoms with Crippen molar-refractivity contribution in [1.82, 2.24) is 0 Å². The van der Waals surface area contributed by atoms with Gasteiger partial charge in [-0.05, 0) is 35.7 Å². The zero-order valence-corrected chi connectivity index (χ0v) is 11.6. The third-order valence-corrected chi connectivity index (χ3v) is 3.41. The summed E-state index contributed by atoms with van der Waals surface area (Å²) in [7, 11) is 1.65. The molecule has 2 rings (SSSR count). The van der Waals surface area contributed by atoms with E-state index in [1.807, 2.05) is 48.5 Å². The van der Waals surface area contributed by atoms with Gasteiger partial charge in [0, 0.05) is 10.9 Å². The first kappa shape index (κ1) is 13.9. The van der Waals surface area contributed by atoms with Gasteiger partial charge >= 0.3 is 0 Å². The van der Waals surface area contributed by atoms with Crippen LogP contribution in [-0.4, -0.2) is 18.8 Å². The summed E-state index contributed by atoms with van der Waals surface area (Å²) < 4.78 is 5.35. The van der Waals surface area contributed by atoms with E-state index in [9.17, 15) is 5.11 Å². The molecular formula is C16H17ClO2. The van der Waals surface area contributed by atoms with Gasteiger partial charge in [-0.1, -0.05) is 41.9 Å². The molecule has 0 aromatic heterocycles. The highest BCUT2D eigenvalue weighted by Gasteiger charge is 2.15. The van der Waals surface area contributed by atoms with E-state index in [1.165, 1.54) is 0 Å². The Hall–Kier alpha value is -1.51. The molecule has 2 aromatic carbocycles. The standard InChI is InChI=1S/C16H17ClO2/c1-19-16-8-3-2-7-15(16)13(11-18)9-12-5-4-6-14(17)10-12/h2-8,10,13,18H,9,11H2,1H3. The number of hydrogen-bond acceptors (Lipinski definition) is 2. The van der Waals surface area contributed by atoms with Crippen LogP contribution in [-0.2, 0) is 6.42 Å². The molecule has 0 aliphatic rings. The number of halogens is 1. The molecule has 0 amide bonds. The number of ether oxygens (including phenoxy) is 1. The van der Waals surface area contributed by atoms with Crippen molar-refractivity contribution in [3.8, 4) is 5.75 Å².